The number of quaternary nitrogens is 1. The second kappa shape index (κ2) is 38.0. The molecule has 0 bridgehead atoms. The molecule has 0 heterocycles. The number of hydrogen-bond acceptors (Lipinski definition) is 10. The van der Waals surface area contributed by atoms with Gasteiger partial charge in [-0.25, -0.2) is 0 Å². The van der Waals surface area contributed by atoms with Crippen LogP contribution < -0.4 is 15.5 Å². The van der Waals surface area contributed by atoms with Crippen molar-refractivity contribution in [1.82, 2.24) is 5.32 Å². The fraction of sp³-hybridized carbons (Fsp3) is 0.717. The summed E-state index contributed by atoms with van der Waals surface area (Å²) in [6.45, 7) is 2.53. The number of benzene rings is 2. The lowest BCUT2D eigenvalue weighted by molar-refractivity contribution is -0.870. The van der Waals surface area contributed by atoms with Gasteiger partial charge in [-0.05, 0) is 49.1 Å². The van der Waals surface area contributed by atoms with E-state index in [2.05, 4.69) is 17.6 Å². The van der Waals surface area contributed by atoms with Crippen molar-refractivity contribution < 1.29 is 46.8 Å². The van der Waals surface area contributed by atoms with E-state index in [1.807, 2.05) is 45.4 Å². The molecule has 2 atom stereocenters. The number of likely N-dealkylation sites (N-methyl/N-ethyl adjacent to an activating group) is 1. The van der Waals surface area contributed by atoms with Crippen LogP contribution in [0.4, 0.5) is 11.4 Å². The van der Waals surface area contributed by atoms with Gasteiger partial charge < -0.3 is 38.5 Å². The van der Waals surface area contributed by atoms with Gasteiger partial charge >= 0.3 is 11.9 Å². The van der Waals surface area contributed by atoms with Crippen LogP contribution in [-0.4, -0.2) is 82.5 Å². The van der Waals surface area contributed by atoms with Gasteiger partial charge in [-0.15, -0.1) is 0 Å². The van der Waals surface area contributed by atoms with E-state index in [-0.39, 0.29) is 32.0 Å². The van der Waals surface area contributed by atoms with Crippen LogP contribution >= 0.6 is 31.0 Å². The lowest BCUT2D eigenvalue weighted by Crippen LogP contribution is -2.37. The number of halogens is 2. The summed E-state index contributed by atoms with van der Waals surface area (Å²) in [5, 5.41) is 7.33. The number of anilines is 2. The molecule has 2 aromatic carbocycles. The van der Waals surface area contributed by atoms with Crippen LogP contribution in [0.1, 0.15) is 186 Å². The number of phosphoric acid groups is 1. The second-order valence-electron chi connectivity index (χ2n) is 19.3. The number of carbonyl (C=O) groups excluding carboxylic acids is 3. The van der Waals surface area contributed by atoms with E-state index in [4.69, 9.17) is 41.7 Å². The number of ether oxygens (including phenoxy) is 2. The minimum Gasteiger partial charge on any atom is -0.756 e. The summed E-state index contributed by atoms with van der Waals surface area (Å²) in [5.74, 6) is -0.898. The molecule has 0 aliphatic rings. The van der Waals surface area contributed by atoms with Gasteiger partial charge in [-0.2, -0.15) is 0 Å². The first-order chi connectivity index (χ1) is 32.7. The number of nitrogens with zero attached hydrogens (tertiary/aromatic N) is 1. The van der Waals surface area contributed by atoms with Gasteiger partial charge in [-0.1, -0.05) is 190 Å². The molecule has 0 spiro atoms. The molecule has 388 valence electrons. The van der Waals surface area contributed by atoms with Crippen molar-refractivity contribution in [3.63, 3.8) is 0 Å². The Morgan fingerprint density at radius 1 is 0.647 bits per heavy atom. The van der Waals surface area contributed by atoms with Gasteiger partial charge in [0.1, 0.15) is 19.8 Å². The van der Waals surface area contributed by atoms with Crippen molar-refractivity contribution in [3.8, 4) is 0 Å². The number of hydrogen-bond donors (Lipinski definition) is 2. The first-order valence-electron chi connectivity index (χ1n) is 26.0. The number of nitrogens with one attached hydrogen (secondary N) is 2. The molecule has 1 amide bonds. The van der Waals surface area contributed by atoms with E-state index < -0.39 is 32.5 Å². The van der Waals surface area contributed by atoms with Gasteiger partial charge in [0, 0.05) is 25.1 Å². The molecule has 0 saturated carbocycles. The number of phosphoric ester groups is 1. The van der Waals surface area contributed by atoms with Gasteiger partial charge in [0.25, 0.3) is 7.82 Å². The van der Waals surface area contributed by atoms with Crippen LogP contribution in [0.2, 0.25) is 10.0 Å². The van der Waals surface area contributed by atoms with E-state index in [9.17, 15) is 23.8 Å². The van der Waals surface area contributed by atoms with Crippen LogP contribution in [-0.2, 0) is 43.9 Å². The predicted molar refractivity (Wildman–Crippen MR) is 276 cm³/mol. The van der Waals surface area contributed by atoms with Crippen LogP contribution in [0.25, 0.3) is 0 Å². The second-order valence-corrected chi connectivity index (χ2v) is 21.5. The fourth-order valence-corrected chi connectivity index (χ4v) is 8.92. The van der Waals surface area contributed by atoms with E-state index in [1.165, 1.54) is 77.0 Å². The summed E-state index contributed by atoms with van der Waals surface area (Å²) < 4.78 is 34.0. The van der Waals surface area contributed by atoms with Crippen molar-refractivity contribution in [2.75, 3.05) is 59.4 Å². The largest absolute Gasteiger partial charge is 0.756 e. The van der Waals surface area contributed by atoms with Gasteiger partial charge in [-0.3, -0.25) is 18.9 Å². The van der Waals surface area contributed by atoms with Crippen molar-refractivity contribution in [1.29, 1.82) is 0 Å². The highest BCUT2D eigenvalue weighted by atomic mass is 35.5. The molecule has 68 heavy (non-hydrogen) atoms. The Kier molecular flexibility index (Phi) is 34.4. The SMILES string of the molecule is CCCCCCCCCCCCCCCCCC(=O)OCC(COP(=O)([O-])OCC[N+](C)(C)C)OC(=O)CCCCCCCCCCCCNC(=O)Cc1cccc(Nc2c(Cl)cccc2Cl)c1. The van der Waals surface area contributed by atoms with Crippen LogP contribution in [0.15, 0.2) is 42.5 Å². The first-order valence-corrected chi connectivity index (χ1v) is 28.2. The Bertz CT molecular complexity index is 1690. The summed E-state index contributed by atoms with van der Waals surface area (Å²) in [6.07, 6.45) is 28.3. The Labute approximate surface area is 420 Å². The maximum absolute atomic E-state index is 12.8. The zero-order chi connectivity index (χ0) is 49.7. The molecular weight excluding hydrogens is 924 g/mol. The predicted octanol–water partition coefficient (Wildman–Crippen LogP) is 13.6. The van der Waals surface area contributed by atoms with Gasteiger partial charge in [0.05, 0.1) is 49.9 Å². The molecule has 0 fully saturated rings. The lowest BCUT2D eigenvalue weighted by atomic mass is 10.0. The maximum atomic E-state index is 12.8. The average Bonchev–Trinajstić information content (AvgIpc) is 3.28. The van der Waals surface area contributed by atoms with Crippen LogP contribution in [0, 0.1) is 0 Å². The van der Waals surface area contributed by atoms with E-state index >= 15 is 0 Å². The van der Waals surface area contributed by atoms with Crippen molar-refractivity contribution in [3.05, 3.63) is 58.1 Å². The number of carbonyl (C=O) groups is 3. The Morgan fingerprint density at radius 3 is 1.66 bits per heavy atom. The summed E-state index contributed by atoms with van der Waals surface area (Å²) in [5.41, 5.74) is 2.34. The minimum atomic E-state index is -4.66. The maximum Gasteiger partial charge on any atom is 0.306 e. The Hall–Kier alpha value is -2.70. The van der Waals surface area contributed by atoms with E-state index in [1.54, 1.807) is 18.2 Å². The van der Waals surface area contributed by atoms with Crippen LogP contribution in [0.3, 0.4) is 0 Å². The third-order valence-corrected chi connectivity index (χ3v) is 13.4. The highest BCUT2D eigenvalue weighted by Crippen LogP contribution is 2.38. The quantitative estimate of drug-likeness (QED) is 0.0284. The Balaban J connectivity index is 1.56. The van der Waals surface area contributed by atoms with Crippen molar-refractivity contribution in [2.45, 2.75) is 193 Å². The zero-order valence-electron chi connectivity index (χ0n) is 42.3. The molecule has 2 unspecified atom stereocenters. The Morgan fingerprint density at radius 2 is 1.13 bits per heavy atom. The summed E-state index contributed by atoms with van der Waals surface area (Å²) in [4.78, 5) is 50.4. The highest BCUT2D eigenvalue weighted by molar-refractivity contribution is 7.45. The van der Waals surface area contributed by atoms with Crippen molar-refractivity contribution >= 4 is 60.2 Å². The lowest BCUT2D eigenvalue weighted by Gasteiger charge is -2.28. The number of amides is 1. The number of rotatable bonds is 43. The summed E-state index contributed by atoms with van der Waals surface area (Å²) in [6, 6.07) is 13.0. The van der Waals surface area contributed by atoms with E-state index in [0.717, 1.165) is 88.3 Å². The molecule has 2 N–H and O–H groups in total. The number of para-hydroxylation sites is 1. The normalized spacial score (nSPS) is 12.9. The van der Waals surface area contributed by atoms with Gasteiger partial charge in [0.2, 0.25) is 5.91 Å². The minimum absolute atomic E-state index is 0.00992. The summed E-state index contributed by atoms with van der Waals surface area (Å²) >= 11 is 12.6. The molecule has 0 radical (unpaired) electrons. The van der Waals surface area contributed by atoms with E-state index in [0.29, 0.717) is 46.1 Å². The molecule has 0 aliphatic heterocycles. The smallest absolute Gasteiger partial charge is 0.306 e. The van der Waals surface area contributed by atoms with Gasteiger partial charge in [0.15, 0.2) is 6.10 Å². The zero-order valence-corrected chi connectivity index (χ0v) is 44.7. The van der Waals surface area contributed by atoms with Crippen LogP contribution in [0.5, 0.6) is 0 Å². The monoisotopic (exact) mass is 1010 g/mol. The fourth-order valence-electron chi connectivity index (χ4n) is 7.70. The number of unbranched alkanes of at least 4 members (excludes halogenated alkanes) is 23. The third-order valence-electron chi connectivity index (χ3n) is 11.8. The molecule has 2 rings (SSSR count). The number of esters is 2. The molecule has 0 aromatic heterocycles. The first kappa shape index (κ1) is 61.4. The molecule has 12 nitrogen and oxygen atoms in total. The molecule has 0 aliphatic carbocycles. The molecule has 2 aromatic rings. The standard InChI is InChI=1S/C53H88Cl2N3O9P/c1-5-6-7-8-9-10-11-12-13-14-15-18-21-24-27-36-51(60)64-43-47(44-66-68(62,63)65-40-39-58(2,3)4)67-52(61)37-28-25-22-19-16-17-20-23-26-29-38-56-50(59)42-45-32-30-33-46(41-45)57-53-48(54)34-31-35-49(53)55/h30-35,41,47,57H,5-29,36-40,42-44H2,1-4H3,(H-,56,59,62,63). The summed E-state index contributed by atoms with van der Waals surface area (Å²) in [7, 11) is 1.10. The third kappa shape index (κ3) is 33.8. The topological polar surface area (TPSA) is 152 Å². The molecule has 15 heteroatoms. The van der Waals surface area contributed by atoms with Crippen molar-refractivity contribution in [2.24, 2.45) is 0 Å². The average molecular weight is 1010 g/mol. The molecule has 0 saturated heterocycles. The molecular formula is C53H88Cl2N3O9P. The highest BCUT2D eigenvalue weighted by Gasteiger charge is 2.22.